The Labute approximate surface area is 120 Å². The average Bonchev–Trinajstić information content (AvgIpc) is 2.45. The second kappa shape index (κ2) is 6.55. The molecular weight excluding hydrogens is 252 g/mol. The molecule has 0 saturated heterocycles. The SMILES string of the molecule is COC(OC)c1cc(C)ccc1Oc1ccc(C)cc1. The third-order valence-corrected chi connectivity index (χ3v) is 3.10. The standard InChI is InChI=1S/C17H20O3/c1-12-5-8-14(9-6-12)20-16-10-7-13(2)11-15(16)17(18-3)19-4/h5-11,17H,1-4H3. The van der Waals surface area contributed by atoms with Gasteiger partial charge in [-0.3, -0.25) is 0 Å². The topological polar surface area (TPSA) is 27.7 Å². The molecule has 0 heterocycles. The minimum Gasteiger partial charge on any atom is -0.457 e. The normalized spacial score (nSPS) is 10.8. The smallest absolute Gasteiger partial charge is 0.186 e. The van der Waals surface area contributed by atoms with E-state index in [-0.39, 0.29) is 0 Å². The molecule has 0 aliphatic heterocycles. The van der Waals surface area contributed by atoms with Gasteiger partial charge in [0.1, 0.15) is 11.5 Å². The van der Waals surface area contributed by atoms with E-state index in [1.165, 1.54) is 5.56 Å². The molecule has 0 aliphatic carbocycles. The van der Waals surface area contributed by atoms with Gasteiger partial charge in [0, 0.05) is 14.2 Å². The fourth-order valence-corrected chi connectivity index (χ4v) is 2.03. The molecule has 0 spiro atoms. The van der Waals surface area contributed by atoms with Crippen LogP contribution in [-0.4, -0.2) is 14.2 Å². The first-order valence-electron chi connectivity index (χ1n) is 6.54. The van der Waals surface area contributed by atoms with Crippen LogP contribution >= 0.6 is 0 Å². The zero-order valence-electron chi connectivity index (χ0n) is 12.3. The number of hydrogen-bond donors (Lipinski definition) is 0. The van der Waals surface area contributed by atoms with Crippen LogP contribution in [0.15, 0.2) is 42.5 Å². The van der Waals surface area contributed by atoms with Crippen molar-refractivity contribution in [3.8, 4) is 11.5 Å². The molecule has 2 aromatic rings. The van der Waals surface area contributed by atoms with Crippen molar-refractivity contribution in [2.75, 3.05) is 14.2 Å². The van der Waals surface area contributed by atoms with Gasteiger partial charge in [-0.15, -0.1) is 0 Å². The first-order valence-corrected chi connectivity index (χ1v) is 6.54. The number of methoxy groups -OCH3 is 2. The van der Waals surface area contributed by atoms with E-state index >= 15 is 0 Å². The molecule has 0 saturated carbocycles. The van der Waals surface area contributed by atoms with Crippen molar-refractivity contribution in [2.45, 2.75) is 20.1 Å². The van der Waals surface area contributed by atoms with Crippen molar-refractivity contribution >= 4 is 0 Å². The molecular formula is C17H20O3. The van der Waals surface area contributed by atoms with Crippen LogP contribution in [0.5, 0.6) is 11.5 Å². The van der Waals surface area contributed by atoms with E-state index in [2.05, 4.69) is 0 Å². The van der Waals surface area contributed by atoms with E-state index in [4.69, 9.17) is 14.2 Å². The molecule has 3 heteroatoms. The number of benzene rings is 2. The molecule has 0 bridgehead atoms. The van der Waals surface area contributed by atoms with Gasteiger partial charge in [-0.25, -0.2) is 0 Å². The molecule has 20 heavy (non-hydrogen) atoms. The van der Waals surface area contributed by atoms with Crippen molar-refractivity contribution in [3.63, 3.8) is 0 Å². The summed E-state index contributed by atoms with van der Waals surface area (Å²) in [6.45, 7) is 4.08. The van der Waals surface area contributed by atoms with Gasteiger partial charge in [0.15, 0.2) is 6.29 Å². The lowest BCUT2D eigenvalue weighted by Gasteiger charge is -2.18. The van der Waals surface area contributed by atoms with Crippen molar-refractivity contribution in [2.24, 2.45) is 0 Å². The number of aryl methyl sites for hydroxylation is 2. The van der Waals surface area contributed by atoms with Crippen molar-refractivity contribution in [3.05, 3.63) is 59.2 Å². The van der Waals surface area contributed by atoms with Gasteiger partial charge in [-0.1, -0.05) is 29.3 Å². The minimum atomic E-state index is -0.435. The molecule has 0 radical (unpaired) electrons. The van der Waals surface area contributed by atoms with Gasteiger partial charge in [0.25, 0.3) is 0 Å². The molecule has 0 unspecified atom stereocenters. The Morgan fingerprint density at radius 1 is 0.800 bits per heavy atom. The summed E-state index contributed by atoms with van der Waals surface area (Å²) in [7, 11) is 3.23. The summed E-state index contributed by atoms with van der Waals surface area (Å²) in [5.41, 5.74) is 3.22. The van der Waals surface area contributed by atoms with E-state index in [0.717, 1.165) is 22.6 Å². The molecule has 2 aromatic carbocycles. The predicted octanol–water partition coefficient (Wildman–Crippen LogP) is 4.39. The molecule has 0 fully saturated rings. The highest BCUT2D eigenvalue weighted by atomic mass is 16.7. The number of rotatable bonds is 5. The largest absolute Gasteiger partial charge is 0.457 e. The molecule has 0 aliphatic rings. The van der Waals surface area contributed by atoms with Crippen LogP contribution in [0.4, 0.5) is 0 Å². The third kappa shape index (κ3) is 3.38. The highest BCUT2D eigenvalue weighted by molar-refractivity contribution is 5.41. The molecule has 3 nitrogen and oxygen atoms in total. The van der Waals surface area contributed by atoms with Crippen molar-refractivity contribution < 1.29 is 14.2 Å². The maximum atomic E-state index is 5.94. The first-order chi connectivity index (χ1) is 9.63. The van der Waals surface area contributed by atoms with Crippen LogP contribution < -0.4 is 4.74 Å². The van der Waals surface area contributed by atoms with Gasteiger partial charge >= 0.3 is 0 Å². The molecule has 0 atom stereocenters. The highest BCUT2D eigenvalue weighted by Crippen LogP contribution is 2.32. The fourth-order valence-electron chi connectivity index (χ4n) is 2.03. The quantitative estimate of drug-likeness (QED) is 0.756. The lowest BCUT2D eigenvalue weighted by molar-refractivity contribution is -0.106. The van der Waals surface area contributed by atoms with Gasteiger partial charge in [-0.2, -0.15) is 0 Å². The summed E-state index contributed by atoms with van der Waals surface area (Å²) < 4.78 is 16.6. The van der Waals surface area contributed by atoms with Crippen LogP contribution in [0.1, 0.15) is 23.0 Å². The summed E-state index contributed by atoms with van der Waals surface area (Å²) in [6, 6.07) is 13.9. The Morgan fingerprint density at radius 3 is 2.00 bits per heavy atom. The molecule has 0 aromatic heterocycles. The molecule has 0 N–H and O–H groups in total. The molecule has 0 amide bonds. The monoisotopic (exact) mass is 272 g/mol. The van der Waals surface area contributed by atoms with E-state index in [0.29, 0.717) is 0 Å². The van der Waals surface area contributed by atoms with Gasteiger partial charge < -0.3 is 14.2 Å². The van der Waals surface area contributed by atoms with E-state index in [1.54, 1.807) is 14.2 Å². The second-order valence-electron chi connectivity index (χ2n) is 4.76. The third-order valence-electron chi connectivity index (χ3n) is 3.10. The summed E-state index contributed by atoms with van der Waals surface area (Å²) in [5, 5.41) is 0. The first kappa shape index (κ1) is 14.6. The van der Waals surface area contributed by atoms with Gasteiger partial charge in [0.05, 0.1) is 5.56 Å². The lowest BCUT2D eigenvalue weighted by Crippen LogP contribution is -2.06. The highest BCUT2D eigenvalue weighted by Gasteiger charge is 2.16. The van der Waals surface area contributed by atoms with Gasteiger partial charge in [0.2, 0.25) is 0 Å². The summed E-state index contributed by atoms with van der Waals surface area (Å²) in [4.78, 5) is 0. The number of ether oxygens (including phenoxy) is 3. The van der Waals surface area contributed by atoms with Crippen LogP contribution in [0, 0.1) is 13.8 Å². The van der Waals surface area contributed by atoms with Crippen LogP contribution in [0.3, 0.4) is 0 Å². The maximum Gasteiger partial charge on any atom is 0.186 e. The summed E-state index contributed by atoms with van der Waals surface area (Å²) in [5.74, 6) is 1.54. The van der Waals surface area contributed by atoms with E-state index < -0.39 is 6.29 Å². The Kier molecular flexibility index (Phi) is 4.77. The zero-order valence-corrected chi connectivity index (χ0v) is 12.3. The molecule has 106 valence electrons. The minimum absolute atomic E-state index is 0.435. The van der Waals surface area contributed by atoms with E-state index in [1.807, 2.05) is 56.3 Å². The Morgan fingerprint density at radius 2 is 1.40 bits per heavy atom. The Hall–Kier alpha value is -1.84. The van der Waals surface area contributed by atoms with Crippen molar-refractivity contribution in [1.82, 2.24) is 0 Å². The van der Waals surface area contributed by atoms with Crippen molar-refractivity contribution in [1.29, 1.82) is 0 Å². The zero-order chi connectivity index (χ0) is 14.5. The van der Waals surface area contributed by atoms with Crippen LogP contribution in [0.25, 0.3) is 0 Å². The lowest BCUT2D eigenvalue weighted by atomic mass is 10.1. The number of hydrogen-bond acceptors (Lipinski definition) is 3. The fraction of sp³-hybridized carbons (Fsp3) is 0.294. The summed E-state index contributed by atoms with van der Waals surface area (Å²) in [6.07, 6.45) is -0.435. The Balaban J connectivity index is 2.33. The van der Waals surface area contributed by atoms with Gasteiger partial charge in [-0.05, 0) is 38.1 Å². The summed E-state index contributed by atoms with van der Waals surface area (Å²) >= 11 is 0. The van der Waals surface area contributed by atoms with Crippen LogP contribution in [-0.2, 0) is 9.47 Å². The van der Waals surface area contributed by atoms with Crippen LogP contribution in [0.2, 0.25) is 0 Å². The maximum absolute atomic E-state index is 5.94. The Bertz CT molecular complexity index is 557. The second-order valence-corrected chi connectivity index (χ2v) is 4.76. The average molecular weight is 272 g/mol. The van der Waals surface area contributed by atoms with E-state index in [9.17, 15) is 0 Å². The predicted molar refractivity (Wildman–Crippen MR) is 79.2 cm³/mol. The molecule has 2 rings (SSSR count).